The molecule has 0 bridgehead atoms. The summed E-state index contributed by atoms with van der Waals surface area (Å²) in [4.78, 5) is 14.2. The van der Waals surface area contributed by atoms with E-state index in [4.69, 9.17) is 27.9 Å². The number of nitrogens with one attached hydrogen (secondary N) is 1. The second-order valence-corrected chi connectivity index (χ2v) is 5.99. The van der Waals surface area contributed by atoms with Gasteiger partial charge in [-0.1, -0.05) is 29.3 Å². The Bertz CT molecular complexity index is 520. The highest BCUT2D eigenvalue weighted by Crippen LogP contribution is 2.29. The maximum atomic E-state index is 12.3. The van der Waals surface area contributed by atoms with E-state index in [9.17, 15) is 4.79 Å². The van der Waals surface area contributed by atoms with Gasteiger partial charge in [0.25, 0.3) is 0 Å². The molecule has 1 N–H and O–H groups in total. The Morgan fingerprint density at radius 3 is 2.75 bits per heavy atom. The number of morpholine rings is 1. The van der Waals surface area contributed by atoms with Crippen molar-refractivity contribution in [3.63, 3.8) is 0 Å². The fourth-order valence-electron chi connectivity index (χ4n) is 2.49. The van der Waals surface area contributed by atoms with Crippen molar-refractivity contribution in [1.29, 1.82) is 0 Å². The number of ether oxygens (including phenoxy) is 1. The van der Waals surface area contributed by atoms with Crippen LogP contribution < -0.4 is 5.32 Å². The molecule has 1 atom stereocenters. The van der Waals surface area contributed by atoms with Crippen LogP contribution in [0.15, 0.2) is 18.2 Å². The monoisotopic (exact) mass is 314 g/mol. The second kappa shape index (κ2) is 5.90. The van der Waals surface area contributed by atoms with Gasteiger partial charge >= 0.3 is 0 Å². The minimum Gasteiger partial charge on any atom is -0.370 e. The summed E-state index contributed by atoms with van der Waals surface area (Å²) in [5, 5.41) is 4.17. The maximum absolute atomic E-state index is 12.3. The zero-order valence-electron chi connectivity index (χ0n) is 10.9. The molecular formula is C14H16Cl2N2O2. The Morgan fingerprint density at radius 1 is 1.30 bits per heavy atom. The van der Waals surface area contributed by atoms with Crippen molar-refractivity contribution < 1.29 is 9.53 Å². The number of halogens is 2. The predicted molar refractivity (Wildman–Crippen MR) is 78.1 cm³/mol. The third kappa shape index (κ3) is 2.79. The zero-order valence-corrected chi connectivity index (χ0v) is 12.5. The highest BCUT2D eigenvalue weighted by molar-refractivity contribution is 6.42. The lowest BCUT2D eigenvalue weighted by molar-refractivity contribution is -0.144. The highest BCUT2D eigenvalue weighted by atomic mass is 35.5. The summed E-state index contributed by atoms with van der Waals surface area (Å²) in [7, 11) is 0. The molecule has 0 saturated carbocycles. The van der Waals surface area contributed by atoms with E-state index in [0.29, 0.717) is 29.7 Å². The average Bonchev–Trinajstić information content (AvgIpc) is 2.40. The van der Waals surface area contributed by atoms with Gasteiger partial charge in [-0.15, -0.1) is 0 Å². The molecule has 2 fully saturated rings. The van der Waals surface area contributed by atoms with Crippen LogP contribution in [0, 0.1) is 5.92 Å². The van der Waals surface area contributed by atoms with E-state index in [0.717, 1.165) is 18.7 Å². The van der Waals surface area contributed by atoms with Crippen LogP contribution in [0.4, 0.5) is 0 Å². The number of rotatable bonds is 2. The van der Waals surface area contributed by atoms with Crippen LogP contribution in [-0.4, -0.2) is 43.6 Å². The third-order valence-corrected chi connectivity index (χ3v) is 4.56. The molecular weight excluding hydrogens is 299 g/mol. The molecule has 0 radical (unpaired) electrons. The lowest BCUT2D eigenvalue weighted by Crippen LogP contribution is -2.54. The molecule has 1 aromatic carbocycles. The van der Waals surface area contributed by atoms with Gasteiger partial charge in [-0.05, 0) is 17.7 Å². The molecule has 2 heterocycles. The minimum absolute atomic E-state index is 0.127. The van der Waals surface area contributed by atoms with Crippen LogP contribution in [0.3, 0.4) is 0 Å². The van der Waals surface area contributed by atoms with E-state index in [1.54, 1.807) is 6.07 Å². The Kier molecular flexibility index (Phi) is 4.17. The molecule has 1 unspecified atom stereocenters. The Hall–Kier alpha value is -0.810. The quantitative estimate of drug-likeness (QED) is 0.909. The highest BCUT2D eigenvalue weighted by Gasteiger charge is 2.32. The van der Waals surface area contributed by atoms with Gasteiger partial charge in [0.2, 0.25) is 5.91 Å². The Balaban J connectivity index is 1.70. The van der Waals surface area contributed by atoms with Crippen molar-refractivity contribution >= 4 is 29.1 Å². The van der Waals surface area contributed by atoms with Gasteiger partial charge in [0.1, 0.15) is 6.10 Å². The van der Waals surface area contributed by atoms with Crippen LogP contribution >= 0.6 is 23.2 Å². The average molecular weight is 315 g/mol. The summed E-state index contributed by atoms with van der Waals surface area (Å²) in [5.74, 6) is 0.347. The molecule has 20 heavy (non-hydrogen) atoms. The molecule has 1 amide bonds. The molecule has 0 aromatic heterocycles. The second-order valence-electron chi connectivity index (χ2n) is 5.17. The first-order valence-corrected chi connectivity index (χ1v) is 7.47. The molecule has 6 heteroatoms. The molecule has 0 aliphatic carbocycles. The fraction of sp³-hybridized carbons (Fsp3) is 0.500. The van der Waals surface area contributed by atoms with E-state index in [1.807, 2.05) is 17.0 Å². The summed E-state index contributed by atoms with van der Waals surface area (Å²) >= 11 is 12.0. The van der Waals surface area contributed by atoms with E-state index >= 15 is 0 Å². The molecule has 2 saturated heterocycles. The van der Waals surface area contributed by atoms with Crippen molar-refractivity contribution in [3.05, 3.63) is 33.8 Å². The van der Waals surface area contributed by atoms with Gasteiger partial charge in [-0.3, -0.25) is 4.79 Å². The van der Waals surface area contributed by atoms with Crippen LogP contribution in [0.5, 0.6) is 0 Å². The SMILES string of the molecule is O=C(C1CNC1)N1CCOC(c2ccc(Cl)c(Cl)c2)C1. The fourth-order valence-corrected chi connectivity index (χ4v) is 2.79. The first-order valence-electron chi connectivity index (χ1n) is 6.71. The summed E-state index contributed by atoms with van der Waals surface area (Å²) in [5.41, 5.74) is 0.962. The standard InChI is InChI=1S/C14H16Cl2N2O2/c15-11-2-1-9(5-12(11)16)13-8-18(3-4-20-13)14(19)10-6-17-7-10/h1-2,5,10,13,17H,3-4,6-8H2. The molecule has 3 rings (SSSR count). The number of amides is 1. The van der Waals surface area contributed by atoms with Crippen LogP contribution in [0.25, 0.3) is 0 Å². The van der Waals surface area contributed by atoms with E-state index in [-0.39, 0.29) is 17.9 Å². The van der Waals surface area contributed by atoms with Crippen molar-refractivity contribution in [2.24, 2.45) is 5.92 Å². The molecule has 2 aliphatic heterocycles. The van der Waals surface area contributed by atoms with E-state index in [2.05, 4.69) is 5.32 Å². The van der Waals surface area contributed by atoms with Gasteiger partial charge in [-0.25, -0.2) is 0 Å². The van der Waals surface area contributed by atoms with Gasteiger partial charge in [0.15, 0.2) is 0 Å². The van der Waals surface area contributed by atoms with Crippen molar-refractivity contribution in [2.75, 3.05) is 32.8 Å². The minimum atomic E-state index is -0.129. The number of carbonyl (C=O) groups excluding carboxylic acids is 1. The molecule has 2 aliphatic rings. The van der Waals surface area contributed by atoms with E-state index in [1.165, 1.54) is 0 Å². The lowest BCUT2D eigenvalue weighted by Gasteiger charge is -2.37. The predicted octanol–water partition coefficient (Wildman–Crippen LogP) is 2.11. The molecule has 0 spiro atoms. The van der Waals surface area contributed by atoms with Gasteiger partial charge in [0, 0.05) is 19.6 Å². The van der Waals surface area contributed by atoms with Crippen LogP contribution in [0.1, 0.15) is 11.7 Å². The maximum Gasteiger partial charge on any atom is 0.228 e. The van der Waals surface area contributed by atoms with Gasteiger partial charge in [-0.2, -0.15) is 0 Å². The van der Waals surface area contributed by atoms with Crippen molar-refractivity contribution in [2.45, 2.75) is 6.10 Å². The summed E-state index contributed by atoms with van der Waals surface area (Å²) in [6, 6.07) is 5.48. The smallest absolute Gasteiger partial charge is 0.228 e. The van der Waals surface area contributed by atoms with Gasteiger partial charge < -0.3 is 15.0 Å². The van der Waals surface area contributed by atoms with E-state index < -0.39 is 0 Å². The normalized spacial score (nSPS) is 23.5. The summed E-state index contributed by atoms with van der Waals surface area (Å²) in [6.07, 6.45) is -0.129. The number of hydrogen-bond acceptors (Lipinski definition) is 3. The van der Waals surface area contributed by atoms with Gasteiger partial charge in [0.05, 0.1) is 29.1 Å². The summed E-state index contributed by atoms with van der Waals surface area (Å²) in [6.45, 7) is 3.36. The molecule has 108 valence electrons. The number of carbonyl (C=O) groups is 1. The molecule has 4 nitrogen and oxygen atoms in total. The summed E-state index contributed by atoms with van der Waals surface area (Å²) < 4.78 is 5.76. The van der Waals surface area contributed by atoms with Crippen LogP contribution in [-0.2, 0) is 9.53 Å². The van der Waals surface area contributed by atoms with Crippen molar-refractivity contribution in [1.82, 2.24) is 10.2 Å². The van der Waals surface area contributed by atoms with Crippen molar-refractivity contribution in [3.8, 4) is 0 Å². The Labute approximate surface area is 128 Å². The number of nitrogens with zero attached hydrogens (tertiary/aromatic N) is 1. The van der Waals surface area contributed by atoms with Crippen LogP contribution in [0.2, 0.25) is 10.0 Å². The lowest BCUT2D eigenvalue weighted by atomic mass is 10.0. The Morgan fingerprint density at radius 2 is 2.10 bits per heavy atom. The zero-order chi connectivity index (χ0) is 14.1. The molecule has 1 aromatic rings. The topological polar surface area (TPSA) is 41.6 Å². The number of hydrogen-bond donors (Lipinski definition) is 1. The number of benzene rings is 1. The largest absolute Gasteiger partial charge is 0.370 e. The third-order valence-electron chi connectivity index (χ3n) is 3.82. The first kappa shape index (κ1) is 14.1. The first-order chi connectivity index (χ1) is 9.65.